The molecule has 0 radical (unpaired) electrons. The quantitative estimate of drug-likeness (QED) is 0.850. The Labute approximate surface area is 151 Å². The molecule has 138 valence electrons. The van der Waals surface area contributed by atoms with Crippen LogP contribution in [0.4, 0.5) is 5.82 Å². The van der Waals surface area contributed by atoms with Gasteiger partial charge in [-0.1, -0.05) is 32.9 Å². The minimum atomic E-state index is -2.61. The number of fused-ring (bicyclic) bond motifs is 1. The molecule has 1 aliphatic heterocycles. The molecule has 6 nitrogen and oxygen atoms in total. The summed E-state index contributed by atoms with van der Waals surface area (Å²) in [7, 11) is 1.41. The van der Waals surface area contributed by atoms with Gasteiger partial charge in [0.1, 0.15) is 9.89 Å². The van der Waals surface area contributed by atoms with Crippen molar-refractivity contribution in [1.29, 1.82) is 0 Å². The maximum atomic E-state index is 13.2. The van der Waals surface area contributed by atoms with Crippen LogP contribution in [-0.4, -0.2) is 62.3 Å². The maximum absolute atomic E-state index is 13.2. The van der Waals surface area contributed by atoms with Crippen molar-refractivity contribution >= 4 is 32.5 Å². The van der Waals surface area contributed by atoms with Gasteiger partial charge in [-0.3, -0.25) is 9.40 Å². The third kappa shape index (κ3) is 3.54. The van der Waals surface area contributed by atoms with E-state index >= 15 is 0 Å². The molecule has 1 aromatic heterocycles. The van der Waals surface area contributed by atoms with Crippen LogP contribution in [0.1, 0.15) is 26.3 Å². The van der Waals surface area contributed by atoms with Crippen molar-refractivity contribution in [2.45, 2.75) is 26.2 Å². The summed E-state index contributed by atoms with van der Waals surface area (Å²) in [5.41, 5.74) is 2.31. The van der Waals surface area contributed by atoms with Gasteiger partial charge in [-0.2, -0.15) is 5.10 Å². The van der Waals surface area contributed by atoms with E-state index in [0.29, 0.717) is 5.82 Å². The van der Waals surface area contributed by atoms with E-state index in [1.54, 1.807) is 0 Å². The fourth-order valence-corrected chi connectivity index (χ4v) is 4.65. The van der Waals surface area contributed by atoms with E-state index in [-0.39, 0.29) is 5.41 Å². The molecule has 7 heteroatoms. The summed E-state index contributed by atoms with van der Waals surface area (Å²) in [4.78, 5) is 2.23. The van der Waals surface area contributed by atoms with Crippen LogP contribution in [0.15, 0.2) is 18.2 Å². The van der Waals surface area contributed by atoms with Crippen LogP contribution in [0.5, 0.6) is 0 Å². The van der Waals surface area contributed by atoms with Gasteiger partial charge in [0.15, 0.2) is 5.82 Å². The molecule has 1 N–H and O–H groups in total. The summed E-state index contributed by atoms with van der Waals surface area (Å²) < 4.78 is 20.1. The van der Waals surface area contributed by atoms with Gasteiger partial charge in [-0.15, -0.1) is 0 Å². The monoisotopic (exact) mass is 363 g/mol. The number of hydrogen-bond acceptors (Lipinski definition) is 3. The molecule has 1 unspecified atom stereocenters. The first kappa shape index (κ1) is 18.2. The molecular weight excluding hydrogens is 334 g/mol. The SMILES string of the molecule is C=S(=O)(Nc1nn(C)c2c(C(C)(C)C)cccc12)N1CCN(C)CC1. The second-order valence-corrected chi connectivity index (χ2v) is 9.90. The Bertz CT molecular complexity index is 871. The van der Waals surface area contributed by atoms with Crippen LogP contribution in [0.3, 0.4) is 0 Å². The Kier molecular flexibility index (Phi) is 4.59. The van der Waals surface area contributed by atoms with E-state index in [1.807, 2.05) is 28.2 Å². The normalized spacial score (nSPS) is 19.9. The predicted molar refractivity (Wildman–Crippen MR) is 107 cm³/mol. The molecule has 3 rings (SSSR count). The molecule has 1 saturated heterocycles. The third-order valence-corrected chi connectivity index (χ3v) is 6.52. The molecule has 0 bridgehead atoms. The number of nitrogens with zero attached hydrogens (tertiary/aromatic N) is 4. The van der Waals surface area contributed by atoms with Crippen LogP contribution in [-0.2, 0) is 22.4 Å². The average molecular weight is 364 g/mol. The molecule has 2 heterocycles. The number of piperazine rings is 1. The Hall–Kier alpha value is -1.57. The standard InChI is InChI=1S/C18H29N5OS/c1-18(2,3)15-9-7-8-14-16(15)22(5)19-17(14)20-25(6,24)23-12-10-21(4)11-13-23/h7-9H,6,10-13H2,1-5H3,(H,19,20,24). The summed E-state index contributed by atoms with van der Waals surface area (Å²) in [6.45, 7) is 9.84. The van der Waals surface area contributed by atoms with Crippen molar-refractivity contribution in [1.82, 2.24) is 19.0 Å². The van der Waals surface area contributed by atoms with Crippen LogP contribution in [0.2, 0.25) is 0 Å². The minimum Gasteiger partial charge on any atom is -0.304 e. The van der Waals surface area contributed by atoms with E-state index in [0.717, 1.165) is 37.1 Å². The van der Waals surface area contributed by atoms with Gasteiger partial charge >= 0.3 is 0 Å². The Morgan fingerprint density at radius 2 is 1.80 bits per heavy atom. The van der Waals surface area contributed by atoms with Gasteiger partial charge in [0, 0.05) is 38.6 Å². The van der Waals surface area contributed by atoms with Crippen molar-refractivity contribution < 1.29 is 4.21 Å². The van der Waals surface area contributed by atoms with Crippen molar-refractivity contribution in [2.75, 3.05) is 37.9 Å². The first-order valence-corrected chi connectivity index (χ1v) is 10.3. The number of likely N-dealkylation sites (N-methyl/N-ethyl adjacent to an activating group) is 1. The molecule has 0 aliphatic carbocycles. The largest absolute Gasteiger partial charge is 0.304 e. The second-order valence-electron chi connectivity index (χ2n) is 7.90. The fourth-order valence-electron chi connectivity index (χ4n) is 3.32. The first-order chi connectivity index (χ1) is 11.6. The van der Waals surface area contributed by atoms with Gasteiger partial charge in [-0.05, 0) is 30.0 Å². The number of nitrogens with one attached hydrogen (secondary N) is 1. The fraction of sp³-hybridized carbons (Fsp3) is 0.556. The highest BCUT2D eigenvalue weighted by atomic mass is 32.2. The highest BCUT2D eigenvalue weighted by molar-refractivity contribution is 7.99. The van der Waals surface area contributed by atoms with Crippen molar-refractivity contribution in [3.05, 3.63) is 23.8 Å². The molecular formula is C18H29N5OS. The minimum absolute atomic E-state index is 0.00784. The second kappa shape index (κ2) is 6.30. The van der Waals surface area contributed by atoms with Crippen LogP contribution >= 0.6 is 0 Å². The summed E-state index contributed by atoms with van der Waals surface area (Å²) in [6.07, 6.45) is 0. The van der Waals surface area contributed by atoms with E-state index in [9.17, 15) is 4.21 Å². The molecule has 0 saturated carbocycles. The molecule has 1 fully saturated rings. The Balaban J connectivity index is 1.97. The lowest BCUT2D eigenvalue weighted by Gasteiger charge is -2.34. The summed E-state index contributed by atoms with van der Waals surface area (Å²) in [5.74, 6) is 4.62. The number of anilines is 1. The Morgan fingerprint density at radius 1 is 1.16 bits per heavy atom. The molecule has 0 amide bonds. The van der Waals surface area contributed by atoms with Gasteiger partial charge in [0.25, 0.3) is 0 Å². The van der Waals surface area contributed by atoms with Gasteiger partial charge in [0.05, 0.1) is 5.52 Å². The predicted octanol–water partition coefficient (Wildman–Crippen LogP) is 2.08. The van der Waals surface area contributed by atoms with E-state index < -0.39 is 9.89 Å². The molecule has 1 aromatic carbocycles. The number of aromatic nitrogens is 2. The molecule has 25 heavy (non-hydrogen) atoms. The molecule has 0 spiro atoms. The van der Waals surface area contributed by atoms with Crippen LogP contribution in [0.25, 0.3) is 10.9 Å². The van der Waals surface area contributed by atoms with Gasteiger partial charge in [0.2, 0.25) is 0 Å². The van der Waals surface area contributed by atoms with Gasteiger partial charge < -0.3 is 4.90 Å². The van der Waals surface area contributed by atoms with E-state index in [2.05, 4.69) is 54.5 Å². The lowest BCUT2D eigenvalue weighted by Crippen LogP contribution is -2.48. The van der Waals surface area contributed by atoms with Gasteiger partial charge in [-0.25, -0.2) is 8.51 Å². The van der Waals surface area contributed by atoms with Crippen molar-refractivity contribution in [2.24, 2.45) is 7.05 Å². The zero-order valence-corrected chi connectivity index (χ0v) is 16.7. The number of para-hydroxylation sites is 1. The van der Waals surface area contributed by atoms with Crippen LogP contribution < -0.4 is 4.72 Å². The smallest absolute Gasteiger partial charge is 0.168 e. The lowest BCUT2D eigenvalue weighted by molar-refractivity contribution is 0.228. The zero-order chi connectivity index (χ0) is 18.4. The first-order valence-electron chi connectivity index (χ1n) is 8.64. The van der Waals surface area contributed by atoms with E-state index in [1.165, 1.54) is 5.56 Å². The van der Waals surface area contributed by atoms with Crippen LogP contribution in [0, 0.1) is 0 Å². The Morgan fingerprint density at radius 3 is 2.40 bits per heavy atom. The zero-order valence-electron chi connectivity index (χ0n) is 15.9. The summed E-state index contributed by atoms with van der Waals surface area (Å²) >= 11 is 0. The highest BCUT2D eigenvalue weighted by Crippen LogP contribution is 2.33. The molecule has 2 aromatic rings. The molecule has 1 atom stereocenters. The molecule has 1 aliphatic rings. The van der Waals surface area contributed by atoms with Crippen molar-refractivity contribution in [3.8, 4) is 0 Å². The maximum Gasteiger partial charge on any atom is 0.168 e. The summed E-state index contributed by atoms with van der Waals surface area (Å²) in [5, 5.41) is 5.59. The number of hydrogen-bond donors (Lipinski definition) is 1. The average Bonchev–Trinajstić information content (AvgIpc) is 2.82. The topological polar surface area (TPSA) is 53.4 Å². The highest BCUT2D eigenvalue weighted by Gasteiger charge is 2.25. The number of aryl methyl sites for hydroxylation is 1. The lowest BCUT2D eigenvalue weighted by atomic mass is 9.86. The van der Waals surface area contributed by atoms with E-state index in [4.69, 9.17) is 0 Å². The number of rotatable bonds is 3. The summed E-state index contributed by atoms with van der Waals surface area (Å²) in [6, 6.07) is 6.20. The number of benzene rings is 1. The third-order valence-electron chi connectivity index (χ3n) is 4.81. The van der Waals surface area contributed by atoms with Crippen molar-refractivity contribution in [3.63, 3.8) is 0 Å².